The largest absolute Gasteiger partial charge is 0.309 e. The molecule has 11 rings (SSSR count). The van der Waals surface area contributed by atoms with Gasteiger partial charge in [-0.1, -0.05) is 196 Å². The van der Waals surface area contributed by atoms with Gasteiger partial charge in [0.1, 0.15) is 0 Å². The lowest BCUT2D eigenvalue weighted by Crippen LogP contribution is -2.16. The van der Waals surface area contributed by atoms with Crippen molar-refractivity contribution in [2.45, 2.75) is 19.3 Å². The summed E-state index contributed by atoms with van der Waals surface area (Å²) in [6.07, 6.45) is 0. The van der Waals surface area contributed by atoms with Crippen molar-refractivity contribution in [1.29, 1.82) is 0 Å². The van der Waals surface area contributed by atoms with E-state index in [2.05, 4.69) is 231 Å². The average Bonchev–Trinajstić information content (AvgIpc) is 3.74. The van der Waals surface area contributed by atoms with Crippen LogP contribution in [0.25, 0.3) is 94.3 Å². The molecule has 1 nitrogen and oxygen atoms in total. The number of rotatable bonds is 6. The SMILES string of the molecule is CC1(C)c2cc(-c3ccc(-c4ccccc4)cc3)ccc2-c2ccc3c4cc(-c5ccc(-c6ccccc6)cc5)ccc4n(-c4ccc(-c5ccccc5)cc4)c3c21. The van der Waals surface area contributed by atoms with Gasteiger partial charge in [-0.2, -0.15) is 0 Å². The summed E-state index contributed by atoms with van der Waals surface area (Å²) in [6, 6.07) is 77.9. The van der Waals surface area contributed by atoms with E-state index < -0.39 is 0 Å². The van der Waals surface area contributed by atoms with Crippen LogP contribution in [0, 0.1) is 0 Å². The van der Waals surface area contributed by atoms with Crippen LogP contribution in [0.3, 0.4) is 0 Å². The summed E-state index contributed by atoms with van der Waals surface area (Å²) in [5, 5.41) is 2.54. The Bertz CT molecular complexity index is 3120. The normalized spacial score (nSPS) is 12.8. The van der Waals surface area contributed by atoms with E-state index in [9.17, 15) is 0 Å². The lowest BCUT2D eigenvalue weighted by molar-refractivity contribution is 0.664. The predicted molar refractivity (Wildman–Crippen MR) is 246 cm³/mol. The number of hydrogen-bond acceptors (Lipinski definition) is 0. The van der Waals surface area contributed by atoms with Gasteiger partial charge < -0.3 is 4.57 Å². The Kier molecular flexibility index (Phi) is 7.91. The second-order valence-corrected chi connectivity index (χ2v) is 16.1. The first-order valence-corrected chi connectivity index (χ1v) is 20.3. The van der Waals surface area contributed by atoms with Crippen LogP contribution in [0.5, 0.6) is 0 Å². The molecule has 10 aromatic rings. The standard InChI is InChI=1S/C57H41N/c1-57(2)53-37-47(45-24-20-42(21-25-45)39-14-8-4-9-15-39)28-32-49(53)50-33-34-51-52-36-46(44-22-18-41(19-23-44)38-12-6-3-7-13-38)29-35-54(52)58(56(51)55(50)57)48-30-26-43(27-31-48)40-16-10-5-11-17-40/h3-37H,1-2H3. The molecule has 0 saturated heterocycles. The second kappa shape index (κ2) is 13.5. The van der Waals surface area contributed by atoms with Gasteiger partial charge in [-0.15, -0.1) is 0 Å². The first-order chi connectivity index (χ1) is 28.5. The van der Waals surface area contributed by atoms with Gasteiger partial charge >= 0.3 is 0 Å². The Morgan fingerprint density at radius 1 is 0.328 bits per heavy atom. The predicted octanol–water partition coefficient (Wildman–Crippen LogP) is 15.4. The van der Waals surface area contributed by atoms with E-state index in [-0.39, 0.29) is 5.41 Å². The number of aromatic nitrogens is 1. The summed E-state index contributed by atoms with van der Waals surface area (Å²) in [5.74, 6) is 0. The van der Waals surface area contributed by atoms with E-state index in [4.69, 9.17) is 0 Å². The molecule has 1 aliphatic carbocycles. The molecule has 1 aromatic heterocycles. The van der Waals surface area contributed by atoms with Gasteiger partial charge in [-0.3, -0.25) is 0 Å². The molecule has 0 radical (unpaired) electrons. The molecule has 1 aliphatic rings. The first kappa shape index (κ1) is 34.1. The van der Waals surface area contributed by atoms with Crippen LogP contribution in [-0.4, -0.2) is 4.57 Å². The topological polar surface area (TPSA) is 4.93 Å². The molecular formula is C57H41N. The lowest BCUT2D eigenvalue weighted by Gasteiger charge is -2.24. The summed E-state index contributed by atoms with van der Waals surface area (Å²) in [5.41, 5.74) is 21.1. The fraction of sp³-hybridized carbons (Fsp3) is 0.0526. The molecule has 0 aliphatic heterocycles. The van der Waals surface area contributed by atoms with Crippen LogP contribution in [0.1, 0.15) is 25.0 Å². The zero-order valence-electron chi connectivity index (χ0n) is 32.7. The molecule has 0 bridgehead atoms. The molecule has 1 heteroatoms. The molecule has 1 heterocycles. The summed E-state index contributed by atoms with van der Waals surface area (Å²) in [6.45, 7) is 4.83. The molecular weight excluding hydrogens is 699 g/mol. The number of fused-ring (bicyclic) bond motifs is 7. The van der Waals surface area contributed by atoms with Crippen LogP contribution in [0.2, 0.25) is 0 Å². The zero-order valence-corrected chi connectivity index (χ0v) is 32.7. The van der Waals surface area contributed by atoms with E-state index in [1.165, 1.54) is 105 Å². The van der Waals surface area contributed by atoms with Crippen molar-refractivity contribution in [1.82, 2.24) is 4.57 Å². The third kappa shape index (κ3) is 5.54. The maximum absolute atomic E-state index is 2.53. The van der Waals surface area contributed by atoms with Crippen LogP contribution in [-0.2, 0) is 5.41 Å². The Labute approximate surface area is 340 Å². The second-order valence-electron chi connectivity index (χ2n) is 16.1. The molecule has 0 unspecified atom stereocenters. The van der Waals surface area contributed by atoms with Gasteiger partial charge in [0, 0.05) is 21.9 Å². The van der Waals surface area contributed by atoms with Gasteiger partial charge in [0.25, 0.3) is 0 Å². The minimum Gasteiger partial charge on any atom is -0.309 e. The smallest absolute Gasteiger partial charge is 0.0588 e. The highest BCUT2D eigenvalue weighted by Crippen LogP contribution is 2.54. The van der Waals surface area contributed by atoms with Gasteiger partial charge in [0.15, 0.2) is 0 Å². The molecule has 0 amide bonds. The third-order valence-electron chi connectivity index (χ3n) is 12.4. The van der Waals surface area contributed by atoms with E-state index in [1.807, 2.05) is 0 Å². The Hall–Kier alpha value is -7.22. The maximum atomic E-state index is 2.53. The van der Waals surface area contributed by atoms with Crippen LogP contribution >= 0.6 is 0 Å². The molecule has 274 valence electrons. The highest BCUT2D eigenvalue weighted by Gasteiger charge is 2.39. The molecule has 9 aromatic carbocycles. The fourth-order valence-electron chi connectivity index (χ4n) is 9.43. The molecule has 0 saturated carbocycles. The van der Waals surface area contributed by atoms with Crippen molar-refractivity contribution >= 4 is 21.8 Å². The van der Waals surface area contributed by atoms with Gasteiger partial charge in [0.2, 0.25) is 0 Å². The van der Waals surface area contributed by atoms with Crippen molar-refractivity contribution in [2.24, 2.45) is 0 Å². The fourth-order valence-corrected chi connectivity index (χ4v) is 9.43. The molecule has 58 heavy (non-hydrogen) atoms. The minimum absolute atomic E-state index is 0.240. The first-order valence-electron chi connectivity index (χ1n) is 20.3. The zero-order chi connectivity index (χ0) is 38.8. The molecule has 0 atom stereocenters. The Morgan fingerprint density at radius 2 is 0.724 bits per heavy atom. The van der Waals surface area contributed by atoms with E-state index in [0.717, 1.165) is 0 Å². The summed E-state index contributed by atoms with van der Waals surface area (Å²) >= 11 is 0. The summed E-state index contributed by atoms with van der Waals surface area (Å²) in [7, 11) is 0. The van der Waals surface area contributed by atoms with Crippen LogP contribution < -0.4 is 0 Å². The van der Waals surface area contributed by atoms with Crippen molar-refractivity contribution in [3.05, 3.63) is 223 Å². The van der Waals surface area contributed by atoms with Crippen LogP contribution in [0.15, 0.2) is 212 Å². The quantitative estimate of drug-likeness (QED) is 0.160. The monoisotopic (exact) mass is 739 g/mol. The minimum atomic E-state index is -0.240. The van der Waals surface area contributed by atoms with Gasteiger partial charge in [-0.25, -0.2) is 0 Å². The van der Waals surface area contributed by atoms with E-state index >= 15 is 0 Å². The number of hydrogen-bond donors (Lipinski definition) is 0. The lowest BCUT2D eigenvalue weighted by atomic mass is 9.80. The van der Waals surface area contributed by atoms with Crippen LogP contribution in [0.4, 0.5) is 0 Å². The van der Waals surface area contributed by atoms with Crippen molar-refractivity contribution < 1.29 is 0 Å². The number of nitrogens with zero attached hydrogens (tertiary/aromatic N) is 1. The Balaban J connectivity index is 1.06. The highest BCUT2D eigenvalue weighted by molar-refractivity contribution is 6.14. The Morgan fingerprint density at radius 3 is 1.24 bits per heavy atom. The molecule has 0 spiro atoms. The van der Waals surface area contributed by atoms with E-state index in [0.29, 0.717) is 0 Å². The number of benzene rings is 9. The third-order valence-corrected chi connectivity index (χ3v) is 12.4. The summed E-state index contributed by atoms with van der Waals surface area (Å²) in [4.78, 5) is 0. The van der Waals surface area contributed by atoms with Crippen molar-refractivity contribution in [3.8, 4) is 72.4 Å². The summed E-state index contributed by atoms with van der Waals surface area (Å²) < 4.78 is 2.53. The highest BCUT2D eigenvalue weighted by atomic mass is 15.0. The van der Waals surface area contributed by atoms with Crippen molar-refractivity contribution in [3.63, 3.8) is 0 Å². The molecule has 0 fully saturated rings. The maximum Gasteiger partial charge on any atom is 0.0588 e. The van der Waals surface area contributed by atoms with Gasteiger partial charge in [-0.05, 0) is 108 Å². The van der Waals surface area contributed by atoms with E-state index in [1.54, 1.807) is 0 Å². The average molecular weight is 740 g/mol. The van der Waals surface area contributed by atoms with Crippen molar-refractivity contribution in [2.75, 3.05) is 0 Å². The molecule has 0 N–H and O–H groups in total. The van der Waals surface area contributed by atoms with Gasteiger partial charge in [0.05, 0.1) is 11.0 Å².